The molecule has 1 saturated heterocycles. The predicted molar refractivity (Wildman–Crippen MR) is 76.4 cm³/mol. The number of hydrazine groups is 1. The van der Waals surface area contributed by atoms with Crippen LogP contribution in [0.2, 0.25) is 0 Å². The zero-order valence-electron chi connectivity index (χ0n) is 11.8. The van der Waals surface area contributed by atoms with Gasteiger partial charge in [-0.1, -0.05) is 12.5 Å². The second-order valence-corrected chi connectivity index (χ2v) is 5.50. The Bertz CT molecular complexity index is 463. The maximum atomic E-state index is 11.3. The van der Waals surface area contributed by atoms with E-state index in [9.17, 15) is 9.90 Å². The van der Waals surface area contributed by atoms with Gasteiger partial charge in [-0.3, -0.25) is 0 Å². The average Bonchev–Trinajstić information content (AvgIpc) is 2.33. The highest BCUT2D eigenvalue weighted by Crippen LogP contribution is 2.25. The molecule has 1 aromatic rings. The van der Waals surface area contributed by atoms with Crippen molar-refractivity contribution in [3.05, 3.63) is 29.3 Å². The third-order valence-electron chi connectivity index (χ3n) is 3.85. The number of carbonyl (C=O) groups is 1. The summed E-state index contributed by atoms with van der Waals surface area (Å²) in [4.78, 5) is 11.3. The molecular weight excluding hydrogens is 240 g/mol. The van der Waals surface area contributed by atoms with E-state index >= 15 is 0 Å². The summed E-state index contributed by atoms with van der Waals surface area (Å²) < 4.78 is 0. The fraction of sp³-hybridized carbons (Fsp3) is 0.533. The van der Waals surface area contributed by atoms with Crippen LogP contribution in [0.15, 0.2) is 18.2 Å². The number of nitrogens with zero attached hydrogens (tertiary/aromatic N) is 1. The van der Waals surface area contributed by atoms with Gasteiger partial charge in [-0.25, -0.2) is 9.80 Å². The van der Waals surface area contributed by atoms with Gasteiger partial charge in [0.2, 0.25) is 0 Å². The Hall–Kier alpha value is -1.55. The minimum absolute atomic E-state index is 0.329. The van der Waals surface area contributed by atoms with Crippen LogP contribution in [0.5, 0.6) is 0 Å². The second kappa shape index (κ2) is 5.61. The standard InChI is InChI=1S/C15H22N2O2/c1-10-7-8-13(15(18)19)14(9-10)16-17-11(2)5-4-6-12(17)3/h7-9,11-12,16H,4-6H2,1-3H3,(H,18,19). The molecule has 0 aliphatic carbocycles. The molecule has 104 valence electrons. The molecule has 1 heterocycles. The monoisotopic (exact) mass is 262 g/mol. The van der Waals surface area contributed by atoms with Crippen LogP contribution >= 0.6 is 0 Å². The first-order chi connectivity index (χ1) is 8.99. The van der Waals surface area contributed by atoms with Gasteiger partial charge >= 0.3 is 5.97 Å². The number of carboxylic acid groups (broad SMARTS) is 1. The van der Waals surface area contributed by atoms with Crippen LogP contribution in [-0.4, -0.2) is 28.2 Å². The molecule has 4 nitrogen and oxygen atoms in total. The average molecular weight is 262 g/mol. The maximum absolute atomic E-state index is 11.3. The van der Waals surface area contributed by atoms with Crippen LogP contribution in [0.1, 0.15) is 49.0 Å². The molecule has 1 aliphatic heterocycles. The van der Waals surface area contributed by atoms with E-state index in [-0.39, 0.29) is 0 Å². The fourth-order valence-electron chi connectivity index (χ4n) is 2.72. The van der Waals surface area contributed by atoms with Crippen LogP contribution in [0.3, 0.4) is 0 Å². The highest BCUT2D eigenvalue weighted by molar-refractivity contribution is 5.94. The van der Waals surface area contributed by atoms with Gasteiger partial charge in [0.1, 0.15) is 0 Å². The van der Waals surface area contributed by atoms with E-state index in [0.717, 1.165) is 18.4 Å². The number of carboxylic acids is 1. The summed E-state index contributed by atoms with van der Waals surface area (Å²) in [6.07, 6.45) is 3.53. The number of benzene rings is 1. The Balaban J connectivity index is 2.26. The van der Waals surface area contributed by atoms with Gasteiger partial charge in [0.25, 0.3) is 0 Å². The van der Waals surface area contributed by atoms with Crippen LogP contribution in [0.25, 0.3) is 0 Å². The summed E-state index contributed by atoms with van der Waals surface area (Å²) in [7, 11) is 0. The van der Waals surface area contributed by atoms with Crippen molar-refractivity contribution in [2.45, 2.75) is 52.1 Å². The van der Waals surface area contributed by atoms with Gasteiger partial charge in [-0.2, -0.15) is 0 Å². The molecule has 2 unspecified atom stereocenters. The lowest BCUT2D eigenvalue weighted by molar-refractivity contribution is 0.0696. The van der Waals surface area contributed by atoms with Gasteiger partial charge in [-0.05, 0) is 51.3 Å². The summed E-state index contributed by atoms with van der Waals surface area (Å²) in [6.45, 7) is 6.33. The third-order valence-corrected chi connectivity index (χ3v) is 3.85. The van der Waals surface area contributed by atoms with Crippen LogP contribution in [0.4, 0.5) is 5.69 Å². The van der Waals surface area contributed by atoms with Gasteiger partial charge in [-0.15, -0.1) is 0 Å². The minimum Gasteiger partial charge on any atom is -0.478 e. The summed E-state index contributed by atoms with van der Waals surface area (Å²) in [5, 5.41) is 11.4. The van der Waals surface area contributed by atoms with E-state index in [2.05, 4.69) is 24.3 Å². The van der Waals surface area contributed by atoms with Crippen molar-refractivity contribution >= 4 is 11.7 Å². The number of hydrogen-bond acceptors (Lipinski definition) is 3. The summed E-state index contributed by atoms with van der Waals surface area (Å²) in [5.41, 5.74) is 5.40. The number of piperidine rings is 1. The molecule has 2 N–H and O–H groups in total. The van der Waals surface area contributed by atoms with E-state index in [1.165, 1.54) is 6.42 Å². The molecule has 0 aromatic heterocycles. The largest absolute Gasteiger partial charge is 0.478 e. The molecular formula is C15H22N2O2. The number of anilines is 1. The van der Waals surface area contributed by atoms with Gasteiger partial charge < -0.3 is 10.5 Å². The third kappa shape index (κ3) is 3.07. The van der Waals surface area contributed by atoms with Crippen molar-refractivity contribution in [2.24, 2.45) is 0 Å². The van der Waals surface area contributed by atoms with Crippen molar-refractivity contribution in [3.63, 3.8) is 0 Å². The van der Waals surface area contributed by atoms with E-state index in [1.54, 1.807) is 6.07 Å². The van der Waals surface area contributed by atoms with Gasteiger partial charge in [0, 0.05) is 12.1 Å². The molecule has 4 heteroatoms. The highest BCUT2D eigenvalue weighted by Gasteiger charge is 2.25. The second-order valence-electron chi connectivity index (χ2n) is 5.50. The summed E-state index contributed by atoms with van der Waals surface area (Å²) in [6, 6.07) is 6.24. The quantitative estimate of drug-likeness (QED) is 0.877. The number of hydrogen-bond donors (Lipinski definition) is 2. The molecule has 0 amide bonds. The molecule has 2 atom stereocenters. The first kappa shape index (κ1) is 13.9. The molecule has 1 aromatic carbocycles. The SMILES string of the molecule is Cc1ccc(C(=O)O)c(NN2C(C)CCCC2C)c1. The lowest BCUT2D eigenvalue weighted by atomic mass is 9.99. The number of nitrogens with one attached hydrogen (secondary N) is 1. The number of aryl methyl sites for hydroxylation is 1. The zero-order valence-corrected chi connectivity index (χ0v) is 11.8. The Morgan fingerprint density at radius 1 is 1.32 bits per heavy atom. The van der Waals surface area contributed by atoms with E-state index < -0.39 is 5.97 Å². The van der Waals surface area contributed by atoms with Crippen LogP contribution < -0.4 is 5.43 Å². The summed E-state index contributed by atoms with van der Waals surface area (Å²) in [5.74, 6) is -0.889. The Labute approximate surface area is 114 Å². The lowest BCUT2D eigenvalue weighted by Gasteiger charge is -2.39. The number of aromatic carboxylic acids is 1. The van der Waals surface area contributed by atoms with Crippen molar-refractivity contribution in [3.8, 4) is 0 Å². The lowest BCUT2D eigenvalue weighted by Crippen LogP contribution is -2.47. The fourth-order valence-corrected chi connectivity index (χ4v) is 2.72. The van der Waals surface area contributed by atoms with E-state index in [0.29, 0.717) is 23.3 Å². The maximum Gasteiger partial charge on any atom is 0.337 e. The zero-order chi connectivity index (χ0) is 14.0. The molecule has 2 rings (SSSR count). The minimum atomic E-state index is -0.889. The smallest absolute Gasteiger partial charge is 0.337 e. The van der Waals surface area contributed by atoms with Crippen molar-refractivity contribution < 1.29 is 9.90 Å². The van der Waals surface area contributed by atoms with Crippen LogP contribution in [-0.2, 0) is 0 Å². The Kier molecular flexibility index (Phi) is 4.10. The Morgan fingerprint density at radius 2 is 1.95 bits per heavy atom. The molecule has 0 bridgehead atoms. The van der Waals surface area contributed by atoms with Gasteiger partial charge in [0.15, 0.2) is 0 Å². The molecule has 1 fully saturated rings. The van der Waals surface area contributed by atoms with E-state index in [4.69, 9.17) is 0 Å². The van der Waals surface area contributed by atoms with Crippen molar-refractivity contribution in [2.75, 3.05) is 5.43 Å². The number of rotatable bonds is 3. The first-order valence-corrected chi connectivity index (χ1v) is 6.88. The van der Waals surface area contributed by atoms with Gasteiger partial charge in [0.05, 0.1) is 11.3 Å². The molecule has 0 saturated carbocycles. The van der Waals surface area contributed by atoms with Crippen molar-refractivity contribution in [1.29, 1.82) is 0 Å². The molecule has 19 heavy (non-hydrogen) atoms. The molecule has 0 spiro atoms. The van der Waals surface area contributed by atoms with E-state index in [1.807, 2.05) is 19.1 Å². The van der Waals surface area contributed by atoms with Crippen molar-refractivity contribution in [1.82, 2.24) is 5.01 Å². The topological polar surface area (TPSA) is 52.6 Å². The summed E-state index contributed by atoms with van der Waals surface area (Å²) >= 11 is 0. The normalized spacial score (nSPS) is 24.2. The predicted octanol–water partition coefficient (Wildman–Crippen LogP) is 3.28. The Morgan fingerprint density at radius 3 is 2.53 bits per heavy atom. The van der Waals surface area contributed by atoms with Crippen LogP contribution in [0, 0.1) is 6.92 Å². The molecule has 0 radical (unpaired) electrons. The highest BCUT2D eigenvalue weighted by atomic mass is 16.4. The first-order valence-electron chi connectivity index (χ1n) is 6.88. The molecule has 1 aliphatic rings.